The molecule has 4 heteroatoms. The van der Waals surface area contributed by atoms with Gasteiger partial charge in [-0.05, 0) is 50.6 Å². The van der Waals surface area contributed by atoms with Crippen LogP contribution in [0.5, 0.6) is 5.75 Å². The molecule has 1 heterocycles. The van der Waals surface area contributed by atoms with Crippen LogP contribution < -0.4 is 10.1 Å². The molecule has 0 radical (unpaired) electrons. The first-order valence-corrected chi connectivity index (χ1v) is 8.05. The minimum Gasteiger partial charge on any atom is -0.491 e. The van der Waals surface area contributed by atoms with Crippen LogP contribution in [-0.2, 0) is 0 Å². The van der Waals surface area contributed by atoms with Crippen LogP contribution >= 0.6 is 22.9 Å². The van der Waals surface area contributed by atoms with E-state index in [1.54, 1.807) is 11.3 Å². The molecular formula is C16H20ClNOS. The van der Waals surface area contributed by atoms with Gasteiger partial charge in [-0.3, -0.25) is 0 Å². The van der Waals surface area contributed by atoms with E-state index in [1.807, 2.05) is 18.2 Å². The summed E-state index contributed by atoms with van der Waals surface area (Å²) < 4.78 is 5.77. The molecule has 1 atom stereocenters. The smallest absolute Gasteiger partial charge is 0.142 e. The quantitative estimate of drug-likeness (QED) is 0.742. The summed E-state index contributed by atoms with van der Waals surface area (Å²) in [5.41, 5.74) is 0.949. The summed E-state index contributed by atoms with van der Waals surface area (Å²) in [6, 6.07) is 10.2. The number of benzene rings is 1. The molecule has 1 aromatic carbocycles. The molecule has 1 N–H and O–H groups in total. The first-order chi connectivity index (χ1) is 9.60. The summed E-state index contributed by atoms with van der Waals surface area (Å²) in [4.78, 5) is 2.63. The average molecular weight is 310 g/mol. The zero-order valence-electron chi connectivity index (χ0n) is 12.1. The second kappa shape index (κ2) is 7.00. The third-order valence-corrected chi connectivity index (χ3v) is 4.38. The monoisotopic (exact) mass is 309 g/mol. The third kappa shape index (κ3) is 3.90. The second-order valence-corrected chi connectivity index (χ2v) is 6.56. The fourth-order valence-electron chi connectivity index (χ4n) is 1.94. The van der Waals surface area contributed by atoms with Gasteiger partial charge in [0.15, 0.2) is 0 Å². The Kier molecular flexibility index (Phi) is 5.32. The van der Waals surface area contributed by atoms with Crippen molar-refractivity contribution < 1.29 is 4.74 Å². The highest BCUT2D eigenvalue weighted by Crippen LogP contribution is 2.33. The van der Waals surface area contributed by atoms with Crippen molar-refractivity contribution in [2.24, 2.45) is 0 Å². The summed E-state index contributed by atoms with van der Waals surface area (Å²) in [6.07, 6.45) is 0.988. The van der Waals surface area contributed by atoms with Crippen molar-refractivity contribution in [1.82, 2.24) is 0 Å². The molecule has 0 bridgehead atoms. The molecule has 108 valence electrons. The van der Waals surface area contributed by atoms with Crippen LogP contribution in [0.15, 0.2) is 30.3 Å². The minimum atomic E-state index is 0.233. The highest BCUT2D eigenvalue weighted by atomic mass is 35.5. The fraction of sp³-hybridized carbons (Fsp3) is 0.375. The van der Waals surface area contributed by atoms with Gasteiger partial charge < -0.3 is 10.1 Å². The maximum absolute atomic E-state index is 6.09. The highest BCUT2D eigenvalue weighted by molar-refractivity contribution is 7.12. The number of anilines is 1. The van der Waals surface area contributed by atoms with E-state index < -0.39 is 0 Å². The van der Waals surface area contributed by atoms with Crippen LogP contribution in [0.2, 0.25) is 5.02 Å². The number of ether oxygens (including phenoxy) is 1. The fourth-order valence-corrected chi connectivity index (χ4v) is 3.00. The average Bonchev–Trinajstić information content (AvgIpc) is 2.85. The predicted octanol–water partition coefficient (Wildman–Crippen LogP) is 5.67. The molecule has 0 spiro atoms. The topological polar surface area (TPSA) is 21.3 Å². The van der Waals surface area contributed by atoms with Gasteiger partial charge in [0, 0.05) is 14.8 Å². The molecule has 0 aliphatic rings. The van der Waals surface area contributed by atoms with Crippen molar-refractivity contribution in [3.05, 3.63) is 45.1 Å². The number of aryl methyl sites for hydroxylation is 1. The van der Waals surface area contributed by atoms with Crippen molar-refractivity contribution in [3.63, 3.8) is 0 Å². The molecule has 2 aromatic rings. The molecule has 0 aliphatic carbocycles. The van der Waals surface area contributed by atoms with Crippen molar-refractivity contribution in [2.75, 3.05) is 11.9 Å². The summed E-state index contributed by atoms with van der Waals surface area (Å²) >= 11 is 7.90. The van der Waals surface area contributed by atoms with E-state index in [4.69, 9.17) is 16.3 Å². The molecule has 0 amide bonds. The molecule has 0 fully saturated rings. The van der Waals surface area contributed by atoms with Crippen LogP contribution in [-0.4, -0.2) is 6.61 Å². The van der Waals surface area contributed by atoms with E-state index >= 15 is 0 Å². The Morgan fingerprint density at radius 3 is 2.75 bits per heavy atom. The van der Waals surface area contributed by atoms with E-state index in [0.29, 0.717) is 11.6 Å². The normalized spacial score (nSPS) is 12.2. The Hall–Kier alpha value is -1.19. The molecule has 20 heavy (non-hydrogen) atoms. The molecular weight excluding hydrogens is 290 g/mol. The molecule has 1 aromatic heterocycles. The van der Waals surface area contributed by atoms with Crippen LogP contribution in [0.1, 0.15) is 36.1 Å². The van der Waals surface area contributed by atoms with Gasteiger partial charge in [-0.15, -0.1) is 11.3 Å². The Labute approximate surface area is 129 Å². The standard InChI is InChI=1S/C16H20ClNOS/c1-4-9-19-15-7-6-13(17)10-14(15)18-12(3)16-8-5-11(2)20-16/h5-8,10,12,18H,4,9H2,1-3H3. The predicted molar refractivity (Wildman–Crippen MR) is 88.3 cm³/mol. The van der Waals surface area contributed by atoms with Crippen LogP contribution in [0.4, 0.5) is 5.69 Å². The van der Waals surface area contributed by atoms with Gasteiger partial charge in [0.05, 0.1) is 18.3 Å². The number of thiophene rings is 1. The van der Waals surface area contributed by atoms with Crippen LogP contribution in [0.25, 0.3) is 0 Å². The molecule has 0 saturated heterocycles. The zero-order valence-corrected chi connectivity index (χ0v) is 13.6. The number of rotatable bonds is 6. The van der Waals surface area contributed by atoms with E-state index in [2.05, 4.69) is 38.2 Å². The molecule has 1 unspecified atom stereocenters. The van der Waals surface area contributed by atoms with Gasteiger partial charge in [0.25, 0.3) is 0 Å². The van der Waals surface area contributed by atoms with E-state index in [9.17, 15) is 0 Å². The Morgan fingerprint density at radius 1 is 1.30 bits per heavy atom. The lowest BCUT2D eigenvalue weighted by atomic mass is 10.2. The molecule has 2 rings (SSSR count). The van der Waals surface area contributed by atoms with Crippen LogP contribution in [0, 0.1) is 6.92 Å². The number of hydrogen-bond acceptors (Lipinski definition) is 3. The Bertz CT molecular complexity index is 567. The van der Waals surface area contributed by atoms with Gasteiger partial charge in [0.2, 0.25) is 0 Å². The largest absolute Gasteiger partial charge is 0.491 e. The summed E-state index contributed by atoms with van der Waals surface area (Å²) in [7, 11) is 0. The lowest BCUT2D eigenvalue weighted by Crippen LogP contribution is -2.07. The first-order valence-electron chi connectivity index (χ1n) is 6.85. The highest BCUT2D eigenvalue weighted by Gasteiger charge is 2.11. The lowest BCUT2D eigenvalue weighted by Gasteiger charge is -2.17. The number of halogens is 1. The van der Waals surface area contributed by atoms with Crippen molar-refractivity contribution in [3.8, 4) is 5.75 Å². The molecule has 0 saturated carbocycles. The van der Waals surface area contributed by atoms with Crippen molar-refractivity contribution >= 4 is 28.6 Å². The molecule has 2 nitrogen and oxygen atoms in total. The third-order valence-electron chi connectivity index (χ3n) is 2.96. The zero-order chi connectivity index (χ0) is 14.5. The second-order valence-electron chi connectivity index (χ2n) is 4.80. The number of nitrogens with one attached hydrogen (secondary N) is 1. The summed E-state index contributed by atoms with van der Waals surface area (Å²) in [5, 5.41) is 4.20. The van der Waals surface area contributed by atoms with E-state index in [0.717, 1.165) is 17.9 Å². The van der Waals surface area contributed by atoms with E-state index in [-0.39, 0.29) is 6.04 Å². The SMILES string of the molecule is CCCOc1ccc(Cl)cc1NC(C)c1ccc(C)s1. The van der Waals surface area contributed by atoms with Gasteiger partial charge >= 0.3 is 0 Å². The van der Waals surface area contributed by atoms with Gasteiger partial charge in [-0.25, -0.2) is 0 Å². The van der Waals surface area contributed by atoms with E-state index in [1.165, 1.54) is 9.75 Å². The first kappa shape index (κ1) is 15.2. The molecule has 0 aliphatic heterocycles. The maximum atomic E-state index is 6.09. The Morgan fingerprint density at radius 2 is 2.10 bits per heavy atom. The number of hydrogen-bond donors (Lipinski definition) is 1. The van der Waals surface area contributed by atoms with Gasteiger partial charge in [0.1, 0.15) is 5.75 Å². The van der Waals surface area contributed by atoms with Crippen molar-refractivity contribution in [2.45, 2.75) is 33.2 Å². The Balaban J connectivity index is 2.16. The van der Waals surface area contributed by atoms with Gasteiger partial charge in [-0.2, -0.15) is 0 Å². The maximum Gasteiger partial charge on any atom is 0.142 e. The summed E-state index contributed by atoms with van der Waals surface area (Å²) in [5.74, 6) is 0.858. The minimum absolute atomic E-state index is 0.233. The van der Waals surface area contributed by atoms with Gasteiger partial charge in [-0.1, -0.05) is 18.5 Å². The van der Waals surface area contributed by atoms with Crippen molar-refractivity contribution in [1.29, 1.82) is 0 Å². The summed E-state index contributed by atoms with van der Waals surface area (Å²) in [6.45, 7) is 7.08. The lowest BCUT2D eigenvalue weighted by molar-refractivity contribution is 0.318. The van der Waals surface area contributed by atoms with Crippen LogP contribution in [0.3, 0.4) is 0 Å².